The van der Waals surface area contributed by atoms with Gasteiger partial charge in [-0.1, -0.05) is 29.8 Å². The van der Waals surface area contributed by atoms with Gasteiger partial charge < -0.3 is 9.73 Å². The van der Waals surface area contributed by atoms with E-state index >= 15 is 0 Å². The van der Waals surface area contributed by atoms with Gasteiger partial charge in [0.2, 0.25) is 5.91 Å². The Morgan fingerprint density at radius 2 is 2.00 bits per heavy atom. The Morgan fingerprint density at radius 1 is 1.23 bits per heavy atom. The van der Waals surface area contributed by atoms with Gasteiger partial charge in [0.25, 0.3) is 0 Å². The van der Waals surface area contributed by atoms with Crippen LogP contribution >= 0.6 is 11.6 Å². The molecule has 0 aliphatic rings. The first-order valence-corrected chi connectivity index (χ1v) is 7.10. The Bertz CT molecular complexity index is 898. The second-order valence-corrected chi connectivity index (χ2v) is 5.32. The van der Waals surface area contributed by atoms with E-state index in [1.807, 2.05) is 0 Å². The molecule has 1 heterocycles. The summed E-state index contributed by atoms with van der Waals surface area (Å²) in [5.41, 5.74) is 1.61. The predicted octanol–water partition coefficient (Wildman–Crippen LogP) is 3.45. The quantitative estimate of drug-likeness (QED) is 0.805. The highest BCUT2D eigenvalue weighted by Gasteiger charge is 2.21. The minimum absolute atomic E-state index is 0.323. The zero-order valence-corrected chi connectivity index (χ0v) is 12.5. The molecule has 3 aromatic rings. The van der Waals surface area contributed by atoms with Crippen molar-refractivity contribution in [3.63, 3.8) is 0 Å². The summed E-state index contributed by atoms with van der Waals surface area (Å²) >= 11 is 5.89. The molecule has 1 amide bonds. The number of hydrogen-bond acceptors (Lipinski definition) is 3. The number of halogens is 1. The van der Waals surface area contributed by atoms with Crippen molar-refractivity contribution in [3.8, 4) is 0 Å². The zero-order valence-electron chi connectivity index (χ0n) is 11.7. The van der Waals surface area contributed by atoms with Gasteiger partial charge in [-0.25, -0.2) is 4.79 Å². The molecule has 0 aliphatic carbocycles. The maximum Gasteiger partial charge on any atom is 0.420 e. The lowest BCUT2D eigenvalue weighted by Gasteiger charge is -2.13. The molecule has 22 heavy (non-hydrogen) atoms. The monoisotopic (exact) mass is 316 g/mol. The first-order valence-electron chi connectivity index (χ1n) is 6.73. The van der Waals surface area contributed by atoms with Crippen molar-refractivity contribution in [1.82, 2.24) is 4.57 Å². The van der Waals surface area contributed by atoms with Gasteiger partial charge in [-0.05, 0) is 37.3 Å². The van der Waals surface area contributed by atoms with Crippen LogP contribution in [0.25, 0.3) is 11.1 Å². The zero-order chi connectivity index (χ0) is 15.7. The van der Waals surface area contributed by atoms with Crippen LogP contribution in [0, 0.1) is 0 Å². The van der Waals surface area contributed by atoms with Crippen LogP contribution in [-0.4, -0.2) is 10.5 Å². The van der Waals surface area contributed by atoms with E-state index in [0.29, 0.717) is 21.8 Å². The summed E-state index contributed by atoms with van der Waals surface area (Å²) in [6.07, 6.45) is 0. The molecule has 1 unspecified atom stereocenters. The third kappa shape index (κ3) is 2.63. The highest BCUT2D eigenvalue weighted by atomic mass is 35.5. The maximum atomic E-state index is 12.4. The average molecular weight is 317 g/mol. The van der Waals surface area contributed by atoms with Gasteiger partial charge in [0.05, 0.1) is 5.52 Å². The summed E-state index contributed by atoms with van der Waals surface area (Å²) in [6.45, 7) is 1.64. The minimum Gasteiger partial charge on any atom is -0.408 e. The third-order valence-electron chi connectivity index (χ3n) is 3.38. The Hall–Kier alpha value is -2.53. The van der Waals surface area contributed by atoms with Crippen LogP contribution in [-0.2, 0) is 4.79 Å². The van der Waals surface area contributed by atoms with E-state index in [9.17, 15) is 9.59 Å². The summed E-state index contributed by atoms with van der Waals surface area (Å²) in [6, 6.07) is 13.1. The summed E-state index contributed by atoms with van der Waals surface area (Å²) in [5, 5.41) is 3.26. The normalized spacial score (nSPS) is 12.3. The number of oxazole rings is 1. The number of hydrogen-bond donors (Lipinski definition) is 1. The Morgan fingerprint density at radius 3 is 2.77 bits per heavy atom. The number of amides is 1. The van der Waals surface area contributed by atoms with Gasteiger partial charge in [0.15, 0.2) is 5.58 Å². The van der Waals surface area contributed by atoms with Crippen LogP contribution in [0.5, 0.6) is 0 Å². The van der Waals surface area contributed by atoms with Crippen LogP contribution in [0.3, 0.4) is 0 Å². The SMILES string of the molecule is CC(C(=O)Nc1cccc(Cl)c1)n1c(=O)oc2ccccc21. The second kappa shape index (κ2) is 5.69. The van der Waals surface area contributed by atoms with Crippen molar-refractivity contribution in [1.29, 1.82) is 0 Å². The molecule has 0 radical (unpaired) electrons. The van der Waals surface area contributed by atoms with Crippen molar-refractivity contribution in [2.75, 3.05) is 5.32 Å². The lowest BCUT2D eigenvalue weighted by molar-refractivity contribution is -0.118. The number of rotatable bonds is 3. The van der Waals surface area contributed by atoms with Gasteiger partial charge in [0, 0.05) is 10.7 Å². The molecule has 0 spiro atoms. The highest BCUT2D eigenvalue weighted by Crippen LogP contribution is 2.19. The molecule has 6 heteroatoms. The topological polar surface area (TPSA) is 64.2 Å². The van der Waals surface area contributed by atoms with Crippen LogP contribution in [0.15, 0.2) is 57.7 Å². The predicted molar refractivity (Wildman–Crippen MR) is 85.3 cm³/mol. The molecular weight excluding hydrogens is 304 g/mol. The van der Waals surface area contributed by atoms with Crippen LogP contribution in [0.4, 0.5) is 5.69 Å². The molecular formula is C16H13ClN2O3. The van der Waals surface area contributed by atoms with Crippen LogP contribution in [0.2, 0.25) is 5.02 Å². The third-order valence-corrected chi connectivity index (χ3v) is 3.61. The molecule has 5 nitrogen and oxygen atoms in total. The van der Waals surface area contributed by atoms with Crippen LogP contribution < -0.4 is 11.1 Å². The number of aromatic nitrogens is 1. The fourth-order valence-electron chi connectivity index (χ4n) is 2.28. The molecule has 2 aromatic carbocycles. The first-order chi connectivity index (χ1) is 10.6. The molecule has 0 saturated heterocycles. The number of benzene rings is 2. The Balaban J connectivity index is 1.92. The van der Waals surface area contributed by atoms with Gasteiger partial charge in [-0.2, -0.15) is 0 Å². The van der Waals surface area contributed by atoms with E-state index in [0.717, 1.165) is 0 Å². The molecule has 3 rings (SSSR count). The van der Waals surface area contributed by atoms with Gasteiger partial charge >= 0.3 is 5.76 Å². The van der Waals surface area contributed by atoms with Crippen molar-refractivity contribution >= 4 is 34.3 Å². The van der Waals surface area contributed by atoms with E-state index < -0.39 is 11.8 Å². The molecule has 112 valence electrons. The summed E-state index contributed by atoms with van der Waals surface area (Å²) in [5.74, 6) is -0.883. The van der Waals surface area contributed by atoms with Crippen molar-refractivity contribution < 1.29 is 9.21 Å². The summed E-state index contributed by atoms with van der Waals surface area (Å²) < 4.78 is 6.47. The minimum atomic E-state index is -0.713. The van der Waals surface area contributed by atoms with Crippen LogP contribution in [0.1, 0.15) is 13.0 Å². The standard InChI is InChI=1S/C16H13ClN2O3/c1-10(15(20)18-12-6-4-5-11(17)9-12)19-13-7-2-3-8-14(13)22-16(19)21/h2-10H,1H3,(H,18,20). The van der Waals surface area contributed by atoms with Gasteiger partial charge in [-0.3, -0.25) is 9.36 Å². The van der Waals surface area contributed by atoms with Gasteiger partial charge in [0.1, 0.15) is 6.04 Å². The first kappa shape index (κ1) is 14.4. The molecule has 1 aromatic heterocycles. The summed E-state index contributed by atoms with van der Waals surface area (Å²) in [4.78, 5) is 24.3. The van der Waals surface area contributed by atoms with Crippen molar-refractivity contribution in [2.24, 2.45) is 0 Å². The lowest BCUT2D eigenvalue weighted by atomic mass is 10.2. The van der Waals surface area contributed by atoms with Crippen molar-refractivity contribution in [3.05, 3.63) is 64.1 Å². The van der Waals surface area contributed by atoms with E-state index in [1.54, 1.807) is 55.5 Å². The number of carbonyl (C=O) groups is 1. The van der Waals surface area contributed by atoms with E-state index in [4.69, 9.17) is 16.0 Å². The Labute approximate surface area is 131 Å². The number of fused-ring (bicyclic) bond motifs is 1. The lowest BCUT2D eigenvalue weighted by Crippen LogP contribution is -2.29. The highest BCUT2D eigenvalue weighted by molar-refractivity contribution is 6.30. The maximum absolute atomic E-state index is 12.4. The molecule has 1 N–H and O–H groups in total. The molecule has 0 aliphatic heterocycles. The number of nitrogens with one attached hydrogen (secondary N) is 1. The van der Waals surface area contributed by atoms with E-state index in [1.165, 1.54) is 4.57 Å². The molecule has 1 atom stereocenters. The van der Waals surface area contributed by atoms with E-state index in [-0.39, 0.29) is 5.91 Å². The number of anilines is 1. The number of nitrogens with zero attached hydrogens (tertiary/aromatic N) is 1. The fourth-order valence-corrected chi connectivity index (χ4v) is 2.47. The Kier molecular flexibility index (Phi) is 3.73. The number of para-hydroxylation sites is 2. The largest absolute Gasteiger partial charge is 0.420 e. The summed E-state index contributed by atoms with van der Waals surface area (Å²) in [7, 11) is 0. The smallest absolute Gasteiger partial charge is 0.408 e. The average Bonchev–Trinajstić information content (AvgIpc) is 2.82. The molecule has 0 saturated carbocycles. The fraction of sp³-hybridized carbons (Fsp3) is 0.125. The van der Waals surface area contributed by atoms with Gasteiger partial charge in [-0.15, -0.1) is 0 Å². The van der Waals surface area contributed by atoms with E-state index in [2.05, 4.69) is 5.32 Å². The second-order valence-electron chi connectivity index (χ2n) is 4.88. The molecule has 0 fully saturated rings. The van der Waals surface area contributed by atoms with Crippen molar-refractivity contribution in [2.45, 2.75) is 13.0 Å². The molecule has 0 bridgehead atoms. The number of carbonyl (C=O) groups excluding carboxylic acids is 1.